The van der Waals surface area contributed by atoms with Gasteiger partial charge in [0.25, 0.3) is 0 Å². The Kier molecular flexibility index (Phi) is 3.82. The molecule has 0 unspecified atom stereocenters. The molecule has 1 heterocycles. The first kappa shape index (κ1) is 13.1. The third-order valence-corrected chi connectivity index (χ3v) is 2.89. The van der Waals surface area contributed by atoms with Crippen molar-refractivity contribution in [2.45, 2.75) is 0 Å². The third kappa shape index (κ3) is 2.74. The quantitative estimate of drug-likeness (QED) is 0.388. The minimum atomic E-state index is 0.0641. The molecule has 0 bridgehead atoms. The molecule has 1 aromatic carbocycles. The molecular formula is C12H12ClN5O. The highest BCUT2D eigenvalue weighted by Crippen LogP contribution is 2.27. The lowest BCUT2D eigenvalue weighted by Crippen LogP contribution is -2.14. The van der Waals surface area contributed by atoms with Crippen LogP contribution >= 0.6 is 11.6 Å². The number of nitrogens with two attached hydrogens (primary N) is 1. The third-order valence-electron chi connectivity index (χ3n) is 2.62. The zero-order valence-electron chi connectivity index (χ0n) is 10.2. The van der Waals surface area contributed by atoms with Crippen LogP contribution < -0.4 is 10.6 Å². The number of hydrogen-bond donors (Lipinski definition) is 2. The van der Waals surface area contributed by atoms with E-state index < -0.39 is 0 Å². The number of aromatic nitrogens is 2. The van der Waals surface area contributed by atoms with Crippen LogP contribution in [0.1, 0.15) is 5.56 Å². The van der Waals surface area contributed by atoms with Crippen molar-refractivity contribution in [3.63, 3.8) is 0 Å². The van der Waals surface area contributed by atoms with E-state index in [-0.39, 0.29) is 5.84 Å². The highest BCUT2D eigenvalue weighted by atomic mass is 35.5. The van der Waals surface area contributed by atoms with Crippen LogP contribution in [0, 0.1) is 0 Å². The standard InChI is InChI=1S/C12H12ClN5O/c1-18(12-10(13)6-15-7-16-12)9-4-2-8(3-5-9)11(14)17-19/h2-7,19H,1H3,(H2,14,17). The van der Waals surface area contributed by atoms with Crippen molar-refractivity contribution in [3.8, 4) is 0 Å². The first-order chi connectivity index (χ1) is 9.13. The van der Waals surface area contributed by atoms with Gasteiger partial charge in [0.2, 0.25) is 0 Å². The van der Waals surface area contributed by atoms with Gasteiger partial charge in [-0.1, -0.05) is 16.8 Å². The minimum absolute atomic E-state index is 0.0641. The van der Waals surface area contributed by atoms with E-state index in [9.17, 15) is 0 Å². The molecule has 0 radical (unpaired) electrons. The number of oxime groups is 1. The van der Waals surface area contributed by atoms with Gasteiger partial charge in [0.05, 0.1) is 6.20 Å². The van der Waals surface area contributed by atoms with Crippen LogP contribution in [-0.2, 0) is 0 Å². The van der Waals surface area contributed by atoms with E-state index in [0.717, 1.165) is 5.69 Å². The monoisotopic (exact) mass is 277 g/mol. The molecule has 0 aliphatic carbocycles. The summed E-state index contributed by atoms with van der Waals surface area (Å²) in [5.41, 5.74) is 7.00. The maximum atomic E-state index is 8.60. The van der Waals surface area contributed by atoms with E-state index in [2.05, 4.69) is 15.1 Å². The maximum Gasteiger partial charge on any atom is 0.170 e. The van der Waals surface area contributed by atoms with Gasteiger partial charge >= 0.3 is 0 Å². The van der Waals surface area contributed by atoms with Gasteiger partial charge in [-0.2, -0.15) is 0 Å². The normalized spacial score (nSPS) is 11.4. The molecule has 0 saturated carbocycles. The number of anilines is 2. The summed E-state index contributed by atoms with van der Waals surface area (Å²) in [7, 11) is 1.84. The Morgan fingerprint density at radius 2 is 2.05 bits per heavy atom. The first-order valence-corrected chi connectivity index (χ1v) is 5.78. The van der Waals surface area contributed by atoms with Crippen LogP contribution in [0.5, 0.6) is 0 Å². The largest absolute Gasteiger partial charge is 0.409 e. The van der Waals surface area contributed by atoms with Crippen LogP contribution in [0.3, 0.4) is 0 Å². The average Bonchev–Trinajstić information content (AvgIpc) is 2.46. The molecule has 19 heavy (non-hydrogen) atoms. The Labute approximate surface area is 115 Å². The fourth-order valence-corrected chi connectivity index (χ4v) is 1.82. The average molecular weight is 278 g/mol. The summed E-state index contributed by atoms with van der Waals surface area (Å²) in [6.45, 7) is 0. The summed E-state index contributed by atoms with van der Waals surface area (Å²) >= 11 is 6.03. The van der Waals surface area contributed by atoms with Crippen molar-refractivity contribution >= 4 is 28.9 Å². The smallest absolute Gasteiger partial charge is 0.170 e. The van der Waals surface area contributed by atoms with E-state index in [1.807, 2.05) is 24.1 Å². The second kappa shape index (κ2) is 5.53. The van der Waals surface area contributed by atoms with Crippen LogP contribution in [0.4, 0.5) is 11.5 Å². The molecule has 0 aliphatic rings. The molecule has 0 saturated heterocycles. The molecular weight excluding hydrogens is 266 g/mol. The fourth-order valence-electron chi connectivity index (χ4n) is 1.59. The molecule has 98 valence electrons. The first-order valence-electron chi connectivity index (χ1n) is 5.40. The Morgan fingerprint density at radius 1 is 1.37 bits per heavy atom. The number of amidine groups is 1. The zero-order chi connectivity index (χ0) is 13.8. The van der Waals surface area contributed by atoms with Gasteiger partial charge in [-0.05, 0) is 24.3 Å². The van der Waals surface area contributed by atoms with E-state index in [4.69, 9.17) is 22.5 Å². The van der Waals surface area contributed by atoms with Gasteiger partial charge in [-0.25, -0.2) is 9.97 Å². The summed E-state index contributed by atoms with van der Waals surface area (Å²) in [5, 5.41) is 12.0. The second-order valence-corrected chi connectivity index (χ2v) is 4.19. The fraction of sp³-hybridized carbons (Fsp3) is 0.0833. The molecule has 2 aromatic rings. The lowest BCUT2D eigenvalue weighted by molar-refractivity contribution is 0.318. The van der Waals surface area contributed by atoms with Crippen LogP contribution in [0.2, 0.25) is 5.02 Å². The van der Waals surface area contributed by atoms with E-state index in [1.165, 1.54) is 12.5 Å². The Bertz CT molecular complexity index is 599. The molecule has 3 N–H and O–H groups in total. The summed E-state index contributed by atoms with van der Waals surface area (Å²) in [6.07, 6.45) is 2.97. The molecule has 0 amide bonds. The van der Waals surface area contributed by atoms with E-state index in [0.29, 0.717) is 16.4 Å². The highest BCUT2D eigenvalue weighted by molar-refractivity contribution is 6.32. The van der Waals surface area contributed by atoms with Crippen molar-refractivity contribution in [2.75, 3.05) is 11.9 Å². The topological polar surface area (TPSA) is 87.6 Å². The van der Waals surface area contributed by atoms with Gasteiger partial charge in [0, 0.05) is 18.3 Å². The van der Waals surface area contributed by atoms with Crippen molar-refractivity contribution in [3.05, 3.63) is 47.4 Å². The van der Waals surface area contributed by atoms with Gasteiger partial charge < -0.3 is 15.8 Å². The SMILES string of the molecule is CN(c1ccc(/C(N)=N/O)cc1)c1ncncc1Cl. The number of benzene rings is 1. The van der Waals surface area contributed by atoms with Crippen molar-refractivity contribution < 1.29 is 5.21 Å². The van der Waals surface area contributed by atoms with Crippen molar-refractivity contribution in [2.24, 2.45) is 10.9 Å². The molecule has 2 rings (SSSR count). The summed E-state index contributed by atoms with van der Waals surface area (Å²) in [4.78, 5) is 9.78. The molecule has 1 aromatic heterocycles. The van der Waals surface area contributed by atoms with Crippen LogP contribution in [-0.4, -0.2) is 28.1 Å². The summed E-state index contributed by atoms with van der Waals surface area (Å²) in [5.74, 6) is 0.669. The van der Waals surface area contributed by atoms with Gasteiger partial charge in [-0.3, -0.25) is 0 Å². The predicted octanol–water partition coefficient (Wildman–Crippen LogP) is 1.99. The van der Waals surface area contributed by atoms with Crippen molar-refractivity contribution in [1.29, 1.82) is 0 Å². The van der Waals surface area contributed by atoms with E-state index in [1.54, 1.807) is 12.1 Å². The summed E-state index contributed by atoms with van der Waals surface area (Å²) < 4.78 is 0. The molecule has 6 nitrogen and oxygen atoms in total. The number of rotatable bonds is 3. The minimum Gasteiger partial charge on any atom is -0.409 e. The number of nitrogens with zero attached hydrogens (tertiary/aromatic N) is 4. The van der Waals surface area contributed by atoms with Gasteiger partial charge in [0.1, 0.15) is 11.3 Å². The molecule has 0 spiro atoms. The highest BCUT2D eigenvalue weighted by Gasteiger charge is 2.10. The molecule has 0 atom stereocenters. The predicted molar refractivity (Wildman–Crippen MR) is 74.1 cm³/mol. The second-order valence-electron chi connectivity index (χ2n) is 3.79. The van der Waals surface area contributed by atoms with Gasteiger partial charge in [-0.15, -0.1) is 0 Å². The lowest BCUT2D eigenvalue weighted by Gasteiger charge is -2.19. The van der Waals surface area contributed by atoms with Crippen molar-refractivity contribution in [1.82, 2.24) is 9.97 Å². The Balaban J connectivity index is 2.30. The Hall–Kier alpha value is -2.34. The number of halogens is 1. The summed E-state index contributed by atoms with van der Waals surface area (Å²) in [6, 6.07) is 7.14. The molecule has 0 aliphatic heterocycles. The Morgan fingerprint density at radius 3 is 2.63 bits per heavy atom. The van der Waals surface area contributed by atoms with E-state index >= 15 is 0 Å². The van der Waals surface area contributed by atoms with Gasteiger partial charge in [0.15, 0.2) is 11.7 Å². The maximum absolute atomic E-state index is 8.60. The van der Waals surface area contributed by atoms with Crippen LogP contribution in [0.15, 0.2) is 41.9 Å². The zero-order valence-corrected chi connectivity index (χ0v) is 10.9. The molecule has 0 fully saturated rings. The number of hydrogen-bond acceptors (Lipinski definition) is 5. The molecule has 7 heteroatoms. The van der Waals surface area contributed by atoms with Crippen LogP contribution in [0.25, 0.3) is 0 Å². The lowest BCUT2D eigenvalue weighted by atomic mass is 10.2.